The van der Waals surface area contributed by atoms with E-state index in [1.54, 1.807) is 18.4 Å². The summed E-state index contributed by atoms with van der Waals surface area (Å²) in [5, 5.41) is 9.08. The molecular formula is C18H21ClN4OS. The number of carbonyl (C=O) groups is 1. The number of hydrogen-bond acceptors (Lipinski definition) is 3. The maximum absolute atomic E-state index is 12.4. The van der Waals surface area contributed by atoms with Crippen LogP contribution >= 0.6 is 22.9 Å². The lowest BCUT2D eigenvalue weighted by molar-refractivity contribution is -0.130. The molecular weight excluding hydrogens is 356 g/mol. The standard InChI is InChI=1S/C18H21ClN4OS/c1-20-18(21-10-13-3-2-4-15(19)9-13)22-11-17(24)23-7-5-16-14(12-23)6-8-25-16/h2-4,6,8-9H,5,7,10-12H2,1H3,(H2,20,21,22). The fourth-order valence-corrected chi connectivity index (χ4v) is 3.89. The topological polar surface area (TPSA) is 56.7 Å². The quantitative estimate of drug-likeness (QED) is 0.637. The molecule has 0 spiro atoms. The number of fused-ring (bicyclic) bond motifs is 1. The largest absolute Gasteiger partial charge is 0.352 e. The lowest BCUT2D eigenvalue weighted by Crippen LogP contribution is -2.45. The van der Waals surface area contributed by atoms with Crippen LogP contribution in [0, 0.1) is 0 Å². The Balaban J connectivity index is 1.47. The highest BCUT2D eigenvalue weighted by Crippen LogP contribution is 2.23. The molecule has 0 saturated heterocycles. The molecule has 5 nitrogen and oxygen atoms in total. The summed E-state index contributed by atoms with van der Waals surface area (Å²) in [5.41, 5.74) is 2.33. The molecule has 0 bridgehead atoms. The summed E-state index contributed by atoms with van der Waals surface area (Å²) in [4.78, 5) is 19.9. The number of halogens is 1. The van der Waals surface area contributed by atoms with Gasteiger partial charge in [0.15, 0.2) is 5.96 Å². The van der Waals surface area contributed by atoms with Crippen molar-refractivity contribution in [2.75, 3.05) is 20.1 Å². The first-order chi connectivity index (χ1) is 12.2. The number of hydrogen-bond donors (Lipinski definition) is 2. The van der Waals surface area contributed by atoms with Crippen LogP contribution in [0.15, 0.2) is 40.7 Å². The Labute approximate surface area is 156 Å². The molecule has 0 saturated carbocycles. The Hall–Kier alpha value is -2.05. The average molecular weight is 377 g/mol. The van der Waals surface area contributed by atoms with Gasteiger partial charge in [0.05, 0.1) is 6.54 Å². The van der Waals surface area contributed by atoms with Crippen LogP contribution in [-0.2, 0) is 24.3 Å². The van der Waals surface area contributed by atoms with E-state index in [0.29, 0.717) is 24.1 Å². The normalized spacial score (nSPS) is 14.2. The van der Waals surface area contributed by atoms with Gasteiger partial charge in [-0.1, -0.05) is 23.7 Å². The number of carbonyl (C=O) groups excluding carboxylic acids is 1. The molecule has 0 atom stereocenters. The molecule has 0 radical (unpaired) electrons. The van der Waals surface area contributed by atoms with E-state index in [-0.39, 0.29) is 12.5 Å². The molecule has 2 aromatic rings. The van der Waals surface area contributed by atoms with Crippen LogP contribution in [0.1, 0.15) is 16.0 Å². The number of benzene rings is 1. The van der Waals surface area contributed by atoms with Gasteiger partial charge in [-0.15, -0.1) is 11.3 Å². The molecule has 1 amide bonds. The Kier molecular flexibility index (Phi) is 5.94. The SMILES string of the molecule is CN=C(NCC(=O)N1CCc2sccc2C1)NCc1cccc(Cl)c1. The fraction of sp³-hybridized carbons (Fsp3) is 0.333. The lowest BCUT2D eigenvalue weighted by atomic mass is 10.1. The van der Waals surface area contributed by atoms with Crippen molar-refractivity contribution < 1.29 is 4.79 Å². The molecule has 7 heteroatoms. The predicted octanol–water partition coefficient (Wildman–Crippen LogP) is 2.65. The number of amides is 1. The van der Waals surface area contributed by atoms with E-state index in [2.05, 4.69) is 27.1 Å². The second-order valence-electron chi connectivity index (χ2n) is 5.84. The second-order valence-corrected chi connectivity index (χ2v) is 7.28. The number of nitrogens with zero attached hydrogens (tertiary/aromatic N) is 2. The van der Waals surface area contributed by atoms with Crippen LogP contribution < -0.4 is 10.6 Å². The van der Waals surface area contributed by atoms with E-state index in [0.717, 1.165) is 18.5 Å². The van der Waals surface area contributed by atoms with E-state index in [9.17, 15) is 4.79 Å². The Morgan fingerprint density at radius 1 is 1.36 bits per heavy atom. The van der Waals surface area contributed by atoms with Crippen molar-refractivity contribution in [3.63, 3.8) is 0 Å². The Morgan fingerprint density at radius 2 is 2.24 bits per heavy atom. The minimum Gasteiger partial charge on any atom is -0.352 e. The average Bonchev–Trinajstić information content (AvgIpc) is 3.09. The first-order valence-electron chi connectivity index (χ1n) is 8.17. The molecule has 1 aromatic carbocycles. The van der Waals surface area contributed by atoms with Gasteiger partial charge in [-0.25, -0.2) is 0 Å². The van der Waals surface area contributed by atoms with Gasteiger partial charge in [-0.05, 0) is 41.1 Å². The zero-order chi connectivity index (χ0) is 17.6. The predicted molar refractivity (Wildman–Crippen MR) is 103 cm³/mol. The van der Waals surface area contributed by atoms with Crippen molar-refractivity contribution in [1.82, 2.24) is 15.5 Å². The highest BCUT2D eigenvalue weighted by atomic mass is 35.5. The summed E-state index contributed by atoms with van der Waals surface area (Å²) in [5.74, 6) is 0.684. The lowest BCUT2D eigenvalue weighted by Gasteiger charge is -2.27. The van der Waals surface area contributed by atoms with Crippen LogP contribution in [0.25, 0.3) is 0 Å². The van der Waals surface area contributed by atoms with Gasteiger partial charge in [0, 0.05) is 36.6 Å². The summed E-state index contributed by atoms with van der Waals surface area (Å²) in [6.07, 6.45) is 0.945. The monoisotopic (exact) mass is 376 g/mol. The van der Waals surface area contributed by atoms with Gasteiger partial charge in [0.25, 0.3) is 0 Å². The molecule has 25 heavy (non-hydrogen) atoms. The van der Waals surface area contributed by atoms with Crippen LogP contribution in [0.4, 0.5) is 0 Å². The molecule has 1 aliphatic rings. The minimum absolute atomic E-state index is 0.0857. The number of rotatable bonds is 4. The highest BCUT2D eigenvalue weighted by molar-refractivity contribution is 7.10. The van der Waals surface area contributed by atoms with Crippen LogP contribution in [-0.4, -0.2) is 36.9 Å². The molecule has 0 unspecified atom stereocenters. The van der Waals surface area contributed by atoms with E-state index >= 15 is 0 Å². The number of nitrogens with one attached hydrogen (secondary N) is 2. The van der Waals surface area contributed by atoms with Crippen molar-refractivity contribution in [1.29, 1.82) is 0 Å². The van der Waals surface area contributed by atoms with Crippen LogP contribution in [0.3, 0.4) is 0 Å². The van der Waals surface area contributed by atoms with Crippen molar-refractivity contribution in [3.8, 4) is 0 Å². The van der Waals surface area contributed by atoms with E-state index in [4.69, 9.17) is 11.6 Å². The summed E-state index contributed by atoms with van der Waals surface area (Å²) in [6, 6.07) is 9.75. The van der Waals surface area contributed by atoms with Crippen molar-refractivity contribution in [2.45, 2.75) is 19.5 Å². The van der Waals surface area contributed by atoms with Crippen molar-refractivity contribution in [3.05, 3.63) is 56.7 Å². The number of thiophene rings is 1. The molecule has 1 aliphatic heterocycles. The fourth-order valence-electron chi connectivity index (χ4n) is 2.79. The van der Waals surface area contributed by atoms with Crippen LogP contribution in [0.2, 0.25) is 5.02 Å². The van der Waals surface area contributed by atoms with Gasteiger partial charge in [-0.2, -0.15) is 0 Å². The Morgan fingerprint density at radius 3 is 3.04 bits per heavy atom. The maximum atomic E-state index is 12.4. The second kappa shape index (κ2) is 8.36. The van der Waals surface area contributed by atoms with Crippen molar-refractivity contribution in [2.24, 2.45) is 4.99 Å². The van der Waals surface area contributed by atoms with Gasteiger partial charge >= 0.3 is 0 Å². The smallest absolute Gasteiger partial charge is 0.242 e. The van der Waals surface area contributed by atoms with Gasteiger partial charge < -0.3 is 15.5 Å². The summed E-state index contributed by atoms with van der Waals surface area (Å²) in [7, 11) is 1.69. The minimum atomic E-state index is 0.0857. The van der Waals surface area contributed by atoms with E-state index < -0.39 is 0 Å². The summed E-state index contributed by atoms with van der Waals surface area (Å²) in [6.45, 7) is 2.31. The van der Waals surface area contributed by atoms with E-state index in [1.807, 2.05) is 29.2 Å². The zero-order valence-electron chi connectivity index (χ0n) is 14.1. The molecule has 0 fully saturated rings. The van der Waals surface area contributed by atoms with Gasteiger partial charge in [-0.3, -0.25) is 9.79 Å². The zero-order valence-corrected chi connectivity index (χ0v) is 15.7. The van der Waals surface area contributed by atoms with Gasteiger partial charge in [0.2, 0.25) is 5.91 Å². The molecule has 2 N–H and O–H groups in total. The molecule has 132 valence electrons. The van der Waals surface area contributed by atoms with Crippen molar-refractivity contribution >= 4 is 34.8 Å². The summed E-state index contributed by atoms with van der Waals surface area (Å²) >= 11 is 7.76. The van der Waals surface area contributed by atoms with Gasteiger partial charge in [0.1, 0.15) is 0 Å². The summed E-state index contributed by atoms with van der Waals surface area (Å²) < 4.78 is 0. The third-order valence-corrected chi connectivity index (χ3v) is 5.40. The maximum Gasteiger partial charge on any atom is 0.242 e. The van der Waals surface area contributed by atoms with E-state index in [1.165, 1.54) is 10.4 Å². The third-order valence-electron chi connectivity index (χ3n) is 4.14. The third kappa shape index (κ3) is 4.74. The number of aliphatic imine (C=N–C) groups is 1. The molecule has 0 aliphatic carbocycles. The highest BCUT2D eigenvalue weighted by Gasteiger charge is 2.21. The number of guanidine groups is 1. The first-order valence-corrected chi connectivity index (χ1v) is 9.43. The Bertz CT molecular complexity index is 774. The molecule has 1 aromatic heterocycles. The first kappa shape index (κ1) is 17.8. The molecule has 2 heterocycles. The van der Waals surface area contributed by atoms with Crippen LogP contribution in [0.5, 0.6) is 0 Å². The molecule has 3 rings (SSSR count).